The molecule has 110 valence electrons. The van der Waals surface area contributed by atoms with E-state index in [4.69, 9.17) is 0 Å². The Bertz CT molecular complexity index is 923. The molecule has 0 radical (unpaired) electrons. The molecule has 3 aromatic rings. The van der Waals surface area contributed by atoms with Crippen LogP contribution in [0.3, 0.4) is 0 Å². The predicted octanol–water partition coefficient (Wildman–Crippen LogP) is 1.32. The van der Waals surface area contributed by atoms with Gasteiger partial charge in [-0.2, -0.15) is 10.1 Å². The van der Waals surface area contributed by atoms with E-state index in [1.54, 1.807) is 13.1 Å². The molecule has 0 aliphatic carbocycles. The molecule has 7 heteroatoms. The van der Waals surface area contributed by atoms with Crippen LogP contribution in [-0.2, 0) is 0 Å². The number of aryl methyl sites for hydroxylation is 1. The molecule has 3 rings (SSSR count). The van der Waals surface area contributed by atoms with Gasteiger partial charge in [-0.25, -0.2) is 10.2 Å². The molecular formula is C15H13N5O2. The van der Waals surface area contributed by atoms with Crippen molar-refractivity contribution in [1.82, 2.24) is 20.4 Å². The van der Waals surface area contributed by atoms with Crippen molar-refractivity contribution in [3.8, 4) is 0 Å². The van der Waals surface area contributed by atoms with Crippen molar-refractivity contribution in [2.45, 2.75) is 6.92 Å². The molecule has 22 heavy (non-hydrogen) atoms. The van der Waals surface area contributed by atoms with E-state index in [0.717, 1.165) is 16.5 Å². The highest BCUT2D eigenvalue weighted by molar-refractivity contribution is 5.99. The highest BCUT2D eigenvalue weighted by atomic mass is 16.2. The molecule has 0 unspecified atom stereocenters. The fourth-order valence-electron chi connectivity index (χ4n) is 2.11. The number of para-hydroxylation sites is 1. The number of fused-ring (bicyclic) bond motifs is 1. The van der Waals surface area contributed by atoms with Gasteiger partial charge in [-0.15, -0.1) is 0 Å². The minimum atomic E-state index is -0.564. The SMILES string of the molecule is Cc1cc(C(=O)N/N=C/c2c[nH]c3ccccc23)nc(=O)[nH]1. The summed E-state index contributed by atoms with van der Waals surface area (Å²) >= 11 is 0. The lowest BCUT2D eigenvalue weighted by molar-refractivity contribution is 0.0949. The molecule has 0 bridgehead atoms. The van der Waals surface area contributed by atoms with Crippen LogP contribution in [0.1, 0.15) is 21.7 Å². The average molecular weight is 295 g/mol. The third-order valence-corrected chi connectivity index (χ3v) is 3.10. The van der Waals surface area contributed by atoms with Crippen LogP contribution in [0, 0.1) is 6.92 Å². The first-order chi connectivity index (χ1) is 10.6. The van der Waals surface area contributed by atoms with Crippen molar-refractivity contribution in [3.63, 3.8) is 0 Å². The lowest BCUT2D eigenvalue weighted by Crippen LogP contribution is -2.24. The first kappa shape index (κ1) is 13.7. The molecule has 0 saturated heterocycles. The number of hydrazone groups is 1. The van der Waals surface area contributed by atoms with Crippen LogP contribution in [0.15, 0.2) is 46.4 Å². The Morgan fingerprint density at radius 3 is 3.00 bits per heavy atom. The summed E-state index contributed by atoms with van der Waals surface area (Å²) < 4.78 is 0. The summed E-state index contributed by atoms with van der Waals surface area (Å²) in [4.78, 5) is 32.3. The van der Waals surface area contributed by atoms with E-state index in [0.29, 0.717) is 5.69 Å². The molecular weight excluding hydrogens is 282 g/mol. The number of rotatable bonds is 3. The average Bonchev–Trinajstić information content (AvgIpc) is 2.90. The Hall–Kier alpha value is -3.22. The number of aromatic amines is 2. The minimum Gasteiger partial charge on any atom is -0.361 e. The molecule has 7 nitrogen and oxygen atoms in total. The molecule has 0 aliphatic heterocycles. The fraction of sp³-hybridized carbons (Fsp3) is 0.0667. The van der Waals surface area contributed by atoms with Gasteiger partial charge in [0.1, 0.15) is 5.69 Å². The molecule has 2 heterocycles. The van der Waals surface area contributed by atoms with E-state index >= 15 is 0 Å². The van der Waals surface area contributed by atoms with Gasteiger partial charge in [0.2, 0.25) is 0 Å². The molecule has 0 aliphatic rings. The van der Waals surface area contributed by atoms with E-state index < -0.39 is 11.6 Å². The summed E-state index contributed by atoms with van der Waals surface area (Å²) in [6.07, 6.45) is 3.34. The van der Waals surface area contributed by atoms with Crippen molar-refractivity contribution in [1.29, 1.82) is 0 Å². The van der Waals surface area contributed by atoms with Gasteiger partial charge in [-0.05, 0) is 19.1 Å². The lowest BCUT2D eigenvalue weighted by Gasteiger charge is -1.99. The number of H-pyrrole nitrogens is 2. The Kier molecular flexibility index (Phi) is 3.53. The molecule has 0 saturated carbocycles. The molecule has 0 fully saturated rings. The van der Waals surface area contributed by atoms with Crippen LogP contribution < -0.4 is 11.1 Å². The van der Waals surface area contributed by atoms with E-state index in [9.17, 15) is 9.59 Å². The molecule has 1 aromatic carbocycles. The van der Waals surface area contributed by atoms with Gasteiger partial charge in [-0.1, -0.05) is 18.2 Å². The Balaban J connectivity index is 1.76. The number of hydrogen-bond donors (Lipinski definition) is 3. The van der Waals surface area contributed by atoms with Crippen molar-refractivity contribution < 1.29 is 4.79 Å². The maximum atomic E-state index is 11.9. The zero-order chi connectivity index (χ0) is 15.5. The van der Waals surface area contributed by atoms with Crippen LogP contribution in [0.2, 0.25) is 0 Å². The normalized spacial score (nSPS) is 11.1. The van der Waals surface area contributed by atoms with Crippen molar-refractivity contribution >= 4 is 23.0 Å². The van der Waals surface area contributed by atoms with E-state index in [1.165, 1.54) is 12.3 Å². The number of carbonyl (C=O) groups excluding carboxylic acids is 1. The first-order valence-electron chi connectivity index (χ1n) is 6.61. The molecule has 1 amide bonds. The number of nitrogens with one attached hydrogen (secondary N) is 3. The number of benzene rings is 1. The summed E-state index contributed by atoms with van der Waals surface area (Å²) in [6.45, 7) is 1.68. The first-order valence-corrected chi connectivity index (χ1v) is 6.61. The standard InChI is InChI=1S/C15H13N5O2/c1-9-6-13(19-15(22)18-9)14(21)20-17-8-10-7-16-12-5-3-2-4-11(10)12/h2-8,16H,1H3,(H,20,21)(H,18,19,22)/b17-8+. The highest BCUT2D eigenvalue weighted by Gasteiger charge is 2.07. The largest absolute Gasteiger partial charge is 0.361 e. The van der Waals surface area contributed by atoms with Gasteiger partial charge in [0.15, 0.2) is 0 Å². The quantitative estimate of drug-likeness (QED) is 0.501. The van der Waals surface area contributed by atoms with Crippen LogP contribution in [0.5, 0.6) is 0 Å². The number of carbonyl (C=O) groups is 1. The van der Waals surface area contributed by atoms with E-state index in [2.05, 4.69) is 25.5 Å². The lowest BCUT2D eigenvalue weighted by atomic mass is 10.2. The van der Waals surface area contributed by atoms with Crippen molar-refractivity contribution in [3.05, 3.63) is 64.0 Å². The molecule has 0 spiro atoms. The number of nitrogens with zero attached hydrogens (tertiary/aromatic N) is 2. The number of amides is 1. The van der Waals surface area contributed by atoms with Gasteiger partial charge in [0.05, 0.1) is 6.21 Å². The second-order valence-corrected chi connectivity index (χ2v) is 4.74. The maximum Gasteiger partial charge on any atom is 0.345 e. The van der Waals surface area contributed by atoms with E-state index in [1.807, 2.05) is 24.3 Å². The van der Waals surface area contributed by atoms with Crippen LogP contribution >= 0.6 is 0 Å². The van der Waals surface area contributed by atoms with Crippen molar-refractivity contribution in [2.24, 2.45) is 5.10 Å². The Morgan fingerprint density at radius 1 is 1.36 bits per heavy atom. The fourth-order valence-corrected chi connectivity index (χ4v) is 2.11. The third kappa shape index (κ3) is 2.78. The predicted molar refractivity (Wildman–Crippen MR) is 83.0 cm³/mol. The van der Waals surface area contributed by atoms with Gasteiger partial charge in [0.25, 0.3) is 5.91 Å². The smallest absolute Gasteiger partial charge is 0.345 e. The minimum absolute atomic E-state index is 0.0253. The summed E-state index contributed by atoms with van der Waals surface area (Å²) in [7, 11) is 0. The van der Waals surface area contributed by atoms with Gasteiger partial charge >= 0.3 is 5.69 Å². The molecule has 0 atom stereocenters. The highest BCUT2D eigenvalue weighted by Crippen LogP contribution is 2.15. The second-order valence-electron chi connectivity index (χ2n) is 4.74. The zero-order valence-corrected chi connectivity index (χ0v) is 11.8. The Labute approximate surface area is 125 Å². The summed E-state index contributed by atoms with van der Waals surface area (Å²) in [6, 6.07) is 9.25. The van der Waals surface area contributed by atoms with Crippen molar-refractivity contribution in [2.75, 3.05) is 0 Å². The maximum absolute atomic E-state index is 11.9. The second kappa shape index (κ2) is 5.65. The summed E-state index contributed by atoms with van der Waals surface area (Å²) in [5.74, 6) is -0.537. The topological polar surface area (TPSA) is 103 Å². The van der Waals surface area contributed by atoms with Crippen LogP contribution in [0.4, 0.5) is 0 Å². The van der Waals surface area contributed by atoms with E-state index in [-0.39, 0.29) is 5.69 Å². The van der Waals surface area contributed by atoms with Gasteiger partial charge in [-0.3, -0.25) is 4.79 Å². The number of aromatic nitrogens is 3. The number of hydrogen-bond acceptors (Lipinski definition) is 4. The van der Waals surface area contributed by atoms with Crippen LogP contribution in [-0.4, -0.2) is 27.1 Å². The zero-order valence-electron chi connectivity index (χ0n) is 11.8. The van der Waals surface area contributed by atoms with Gasteiger partial charge < -0.3 is 9.97 Å². The third-order valence-electron chi connectivity index (χ3n) is 3.10. The summed E-state index contributed by atoms with van der Waals surface area (Å²) in [5, 5.41) is 4.91. The molecule has 2 aromatic heterocycles. The van der Waals surface area contributed by atoms with Gasteiger partial charge in [0, 0.05) is 28.4 Å². The van der Waals surface area contributed by atoms with Crippen LogP contribution in [0.25, 0.3) is 10.9 Å². The molecule has 3 N–H and O–H groups in total. The monoisotopic (exact) mass is 295 g/mol. The summed E-state index contributed by atoms with van der Waals surface area (Å²) in [5.41, 5.74) is 4.22. The Morgan fingerprint density at radius 2 is 2.18 bits per heavy atom.